The maximum atomic E-state index is 12.7. The van der Waals surface area contributed by atoms with Crippen LogP contribution in [0.25, 0.3) is 0 Å². The van der Waals surface area contributed by atoms with Gasteiger partial charge >= 0.3 is 11.9 Å². The lowest BCUT2D eigenvalue weighted by molar-refractivity contribution is -0.151. The fraction of sp³-hybridized carbons (Fsp3) is 0.962. The van der Waals surface area contributed by atoms with Crippen LogP contribution in [0.4, 0.5) is 0 Å². The maximum Gasteiger partial charge on any atom is 0.309 e. The maximum absolute atomic E-state index is 12.7. The summed E-state index contributed by atoms with van der Waals surface area (Å²) in [4.78, 5) is 27.9. The number of aliphatic hydroxyl groups excluding tert-OH is 1. The van der Waals surface area contributed by atoms with E-state index in [0.29, 0.717) is 13.2 Å². The molecule has 0 aliphatic carbocycles. The fourth-order valence-corrected chi connectivity index (χ4v) is 9.74. The first-order chi connectivity index (χ1) is 29.2. The van der Waals surface area contributed by atoms with Crippen LogP contribution in [0, 0.1) is 10.8 Å². The molecule has 0 aromatic carbocycles. The smallest absolute Gasteiger partial charge is 0.309 e. The third-order valence-corrected chi connectivity index (χ3v) is 13.9. The van der Waals surface area contributed by atoms with Crippen molar-refractivity contribution >= 4 is 11.9 Å². The molecule has 4 atom stereocenters. The summed E-state index contributed by atoms with van der Waals surface area (Å²) in [5.74, 6) is -1.14. The zero-order valence-electron chi connectivity index (χ0n) is 40.3. The summed E-state index contributed by atoms with van der Waals surface area (Å²) in [6, 6.07) is 0. The van der Waals surface area contributed by atoms with E-state index in [1.807, 2.05) is 0 Å². The van der Waals surface area contributed by atoms with Gasteiger partial charge in [-0.25, -0.2) is 0 Å². The standard InChI is InChI=1S/C52H101NO7/c1-5-9-13-17-19-27-37-51(49(55)56,35-25-15-11-7-3)39-29-21-23-33-43-59-47-45-53(41-31-32-42-54)46-48(47)60-44-34-24-22-30-40-52(50(57)58,36-26-16-12-8-4)38-28-20-18-14-10-6-2/h47-48,54H,5-46H2,1-4H3,(H,55,56)(H,57,58)/t47-,48+,51?,52?. The number of aliphatic hydroxyl groups is 1. The molecule has 2 unspecified atom stereocenters. The van der Waals surface area contributed by atoms with Gasteiger partial charge in [0.05, 0.1) is 23.0 Å². The second kappa shape index (κ2) is 38.3. The topological polar surface area (TPSA) is 117 Å². The number of ether oxygens (including phenoxy) is 2. The first kappa shape index (κ1) is 56.8. The predicted molar refractivity (Wildman–Crippen MR) is 252 cm³/mol. The summed E-state index contributed by atoms with van der Waals surface area (Å²) in [5.41, 5.74) is -1.12. The molecule has 0 bridgehead atoms. The molecule has 3 N–H and O–H groups in total. The number of rotatable bonds is 46. The molecule has 0 spiro atoms. The number of hydrogen-bond acceptors (Lipinski definition) is 6. The average Bonchev–Trinajstić information content (AvgIpc) is 3.63. The minimum absolute atomic E-state index is 0.0464. The summed E-state index contributed by atoms with van der Waals surface area (Å²) in [7, 11) is 0. The van der Waals surface area contributed by atoms with Gasteiger partial charge in [-0.1, -0.05) is 195 Å². The second-order valence-electron chi connectivity index (χ2n) is 19.2. The Morgan fingerprint density at radius 2 is 0.717 bits per heavy atom. The monoisotopic (exact) mass is 852 g/mol. The second-order valence-corrected chi connectivity index (χ2v) is 19.2. The number of carboxylic acid groups (broad SMARTS) is 2. The molecule has 0 radical (unpaired) electrons. The molecule has 1 aliphatic rings. The minimum Gasteiger partial charge on any atom is -0.481 e. The van der Waals surface area contributed by atoms with Crippen LogP contribution < -0.4 is 0 Å². The molecule has 1 heterocycles. The van der Waals surface area contributed by atoms with Gasteiger partial charge in [-0.3, -0.25) is 14.5 Å². The summed E-state index contributed by atoms with van der Waals surface area (Å²) in [6.07, 6.45) is 38.3. The molecule has 8 nitrogen and oxygen atoms in total. The Hall–Kier alpha value is -1.22. The lowest BCUT2D eigenvalue weighted by atomic mass is 9.74. The van der Waals surface area contributed by atoms with Crippen molar-refractivity contribution in [2.24, 2.45) is 10.8 Å². The number of nitrogens with zero attached hydrogens (tertiary/aromatic N) is 1. The average molecular weight is 852 g/mol. The van der Waals surface area contributed by atoms with Gasteiger partial charge in [-0.05, 0) is 70.8 Å². The van der Waals surface area contributed by atoms with Gasteiger partial charge in [0, 0.05) is 32.9 Å². The Morgan fingerprint density at radius 1 is 0.433 bits per heavy atom. The van der Waals surface area contributed by atoms with Crippen molar-refractivity contribution in [3.05, 3.63) is 0 Å². The number of likely N-dealkylation sites (tertiary alicyclic amines) is 1. The van der Waals surface area contributed by atoms with Crippen molar-refractivity contribution in [1.29, 1.82) is 0 Å². The zero-order valence-corrected chi connectivity index (χ0v) is 40.3. The van der Waals surface area contributed by atoms with E-state index >= 15 is 0 Å². The van der Waals surface area contributed by atoms with E-state index in [-0.39, 0.29) is 18.8 Å². The molecule has 0 aromatic heterocycles. The number of carbonyl (C=O) groups is 2. The Balaban J connectivity index is 2.59. The van der Waals surface area contributed by atoms with Gasteiger partial charge in [0.25, 0.3) is 0 Å². The largest absolute Gasteiger partial charge is 0.481 e. The first-order valence-corrected chi connectivity index (χ1v) is 26.3. The number of hydrogen-bond donors (Lipinski definition) is 3. The van der Waals surface area contributed by atoms with Gasteiger partial charge in [-0.2, -0.15) is 0 Å². The highest BCUT2D eigenvalue weighted by molar-refractivity contribution is 5.75. The molecule has 8 heteroatoms. The van der Waals surface area contributed by atoms with Crippen LogP contribution in [0.1, 0.15) is 259 Å². The van der Waals surface area contributed by atoms with E-state index < -0.39 is 22.8 Å². The highest BCUT2D eigenvalue weighted by atomic mass is 16.5. The van der Waals surface area contributed by atoms with Crippen molar-refractivity contribution in [3.63, 3.8) is 0 Å². The van der Waals surface area contributed by atoms with E-state index in [9.17, 15) is 24.9 Å². The first-order valence-electron chi connectivity index (χ1n) is 26.3. The summed E-state index contributed by atoms with van der Waals surface area (Å²) < 4.78 is 13.0. The van der Waals surface area contributed by atoms with Crippen LogP contribution in [0.2, 0.25) is 0 Å². The quantitative estimate of drug-likeness (QED) is 0.0519. The van der Waals surface area contributed by atoms with Gasteiger partial charge in [0.2, 0.25) is 0 Å². The van der Waals surface area contributed by atoms with Gasteiger partial charge in [0.1, 0.15) is 0 Å². The Bertz CT molecular complexity index is 923. The molecule has 0 amide bonds. The van der Waals surface area contributed by atoms with Crippen LogP contribution in [0.5, 0.6) is 0 Å². The van der Waals surface area contributed by atoms with Crippen LogP contribution in [0.3, 0.4) is 0 Å². The third kappa shape index (κ3) is 26.4. The summed E-state index contributed by atoms with van der Waals surface area (Å²) in [6.45, 7) is 13.2. The van der Waals surface area contributed by atoms with Gasteiger partial charge in [-0.15, -0.1) is 0 Å². The van der Waals surface area contributed by atoms with Crippen molar-refractivity contribution in [2.75, 3.05) is 39.5 Å². The number of unbranched alkanes of at least 4 members (excludes halogenated alkanes) is 23. The molecule has 1 aliphatic heterocycles. The van der Waals surface area contributed by atoms with E-state index in [2.05, 4.69) is 32.6 Å². The van der Waals surface area contributed by atoms with Crippen molar-refractivity contribution in [1.82, 2.24) is 4.90 Å². The van der Waals surface area contributed by atoms with E-state index in [0.717, 1.165) is 174 Å². The predicted octanol–water partition coefficient (Wildman–Crippen LogP) is 14.3. The molecule has 60 heavy (non-hydrogen) atoms. The third-order valence-electron chi connectivity index (χ3n) is 13.9. The number of carboxylic acids is 2. The van der Waals surface area contributed by atoms with Crippen molar-refractivity contribution < 1.29 is 34.4 Å². The Morgan fingerprint density at radius 3 is 1.02 bits per heavy atom. The molecule has 1 rings (SSSR count). The van der Waals surface area contributed by atoms with E-state index in [4.69, 9.17) is 9.47 Å². The lowest BCUT2D eigenvalue weighted by Gasteiger charge is -2.30. The van der Waals surface area contributed by atoms with E-state index in [1.54, 1.807) is 0 Å². The Labute approximate surface area is 371 Å². The molecular formula is C52H101NO7. The van der Waals surface area contributed by atoms with E-state index in [1.165, 1.54) is 77.0 Å². The summed E-state index contributed by atoms with van der Waals surface area (Å²) >= 11 is 0. The summed E-state index contributed by atoms with van der Waals surface area (Å²) in [5, 5.41) is 30.3. The molecule has 0 saturated carbocycles. The SMILES string of the molecule is CCCCCCCCC(CCCCCC)(CCCCCCO[C@H]1CN(CCCCO)C[C@H]1OCCCCCCC(CCCCCC)(CCCCCCCC)C(=O)O)C(=O)O. The lowest BCUT2D eigenvalue weighted by Crippen LogP contribution is -2.31. The van der Waals surface area contributed by atoms with Crippen LogP contribution in [-0.4, -0.2) is 83.8 Å². The van der Waals surface area contributed by atoms with Crippen LogP contribution in [0.15, 0.2) is 0 Å². The fourth-order valence-electron chi connectivity index (χ4n) is 9.74. The highest BCUT2D eigenvalue weighted by Crippen LogP contribution is 2.39. The number of aliphatic carboxylic acids is 2. The van der Waals surface area contributed by atoms with Crippen LogP contribution in [-0.2, 0) is 19.1 Å². The normalized spacial score (nSPS) is 17.9. The zero-order chi connectivity index (χ0) is 44.0. The molecular weight excluding hydrogens is 751 g/mol. The van der Waals surface area contributed by atoms with Crippen molar-refractivity contribution in [2.45, 2.75) is 271 Å². The molecule has 1 saturated heterocycles. The molecule has 0 aromatic rings. The molecule has 356 valence electrons. The minimum atomic E-state index is -0.570. The van der Waals surface area contributed by atoms with Gasteiger partial charge in [0.15, 0.2) is 0 Å². The Kier molecular flexibility index (Phi) is 36.2. The van der Waals surface area contributed by atoms with Crippen LogP contribution >= 0.6 is 0 Å². The highest BCUT2D eigenvalue weighted by Gasteiger charge is 2.38. The van der Waals surface area contributed by atoms with Crippen molar-refractivity contribution in [3.8, 4) is 0 Å². The van der Waals surface area contributed by atoms with Gasteiger partial charge < -0.3 is 24.8 Å². The molecule has 1 fully saturated rings.